The van der Waals surface area contributed by atoms with Crippen molar-refractivity contribution >= 4 is 27.5 Å². The van der Waals surface area contributed by atoms with E-state index in [1.54, 1.807) is 4.57 Å². The highest BCUT2D eigenvalue weighted by Crippen LogP contribution is 2.16. The van der Waals surface area contributed by atoms with Gasteiger partial charge >= 0.3 is 10.8 Å². The Morgan fingerprint density at radius 2 is 2.12 bits per heavy atom. The van der Waals surface area contributed by atoms with Crippen molar-refractivity contribution in [2.45, 2.75) is 19.4 Å². The van der Waals surface area contributed by atoms with Gasteiger partial charge in [0.1, 0.15) is 0 Å². The third kappa shape index (κ3) is 2.14. The largest absolute Gasteiger partial charge is 0.481 e. The number of carbonyl (C=O) groups is 1. The average Bonchev–Trinajstić information content (AvgIpc) is 2.55. The van der Waals surface area contributed by atoms with Gasteiger partial charge in [0.15, 0.2) is 0 Å². The quantitative estimate of drug-likeness (QED) is 0.883. The maximum Gasteiger partial charge on any atom is 0.308 e. The lowest BCUT2D eigenvalue weighted by Crippen LogP contribution is -2.13. The van der Waals surface area contributed by atoms with Crippen LogP contribution in [0.5, 0.6) is 0 Å². The number of hydrogen-bond donors (Lipinski definition) is 1. The van der Waals surface area contributed by atoms with E-state index in [-0.39, 0.29) is 11.3 Å². The van der Waals surface area contributed by atoms with Crippen molar-refractivity contribution in [1.29, 1.82) is 0 Å². The Hall–Kier alpha value is -1.62. The van der Waals surface area contributed by atoms with Gasteiger partial charge in [0.25, 0.3) is 0 Å². The van der Waals surface area contributed by atoms with Crippen molar-refractivity contribution in [2.24, 2.45) is 0 Å². The Morgan fingerprint density at radius 1 is 1.38 bits per heavy atom. The molecule has 2 aromatic rings. The molecule has 0 amide bonds. The van der Waals surface area contributed by atoms with Gasteiger partial charge in [-0.05, 0) is 18.6 Å². The van der Waals surface area contributed by atoms with Crippen molar-refractivity contribution in [2.75, 3.05) is 0 Å². The highest BCUT2D eigenvalue weighted by molar-refractivity contribution is 7.16. The van der Waals surface area contributed by atoms with Crippen molar-refractivity contribution in [1.82, 2.24) is 4.57 Å². The molecule has 84 valence electrons. The second-order valence-electron chi connectivity index (χ2n) is 3.48. The van der Waals surface area contributed by atoms with Crippen molar-refractivity contribution in [3.63, 3.8) is 0 Å². The minimum Gasteiger partial charge on any atom is -0.481 e. The van der Waals surface area contributed by atoms with Crippen molar-refractivity contribution in [3.8, 4) is 0 Å². The summed E-state index contributed by atoms with van der Waals surface area (Å²) in [6, 6.07) is 7.55. The monoisotopic (exact) mass is 237 g/mol. The number of carboxylic acid groups (broad SMARTS) is 1. The van der Waals surface area contributed by atoms with Crippen LogP contribution in [0.1, 0.15) is 12.8 Å². The van der Waals surface area contributed by atoms with Crippen molar-refractivity contribution < 1.29 is 9.90 Å². The van der Waals surface area contributed by atoms with E-state index >= 15 is 0 Å². The number of hydrogen-bond acceptors (Lipinski definition) is 3. The Bertz CT molecular complexity index is 570. The van der Waals surface area contributed by atoms with E-state index in [0.717, 1.165) is 10.2 Å². The average molecular weight is 237 g/mol. The molecule has 0 saturated heterocycles. The van der Waals surface area contributed by atoms with Crippen LogP contribution in [0.15, 0.2) is 29.1 Å². The number of thiazole rings is 1. The molecule has 5 heteroatoms. The minimum absolute atomic E-state index is 0.0217. The smallest absolute Gasteiger partial charge is 0.308 e. The first-order valence-corrected chi connectivity index (χ1v) is 5.80. The summed E-state index contributed by atoms with van der Waals surface area (Å²) in [7, 11) is 0. The van der Waals surface area contributed by atoms with Gasteiger partial charge in [-0.2, -0.15) is 0 Å². The zero-order chi connectivity index (χ0) is 11.5. The van der Waals surface area contributed by atoms with Gasteiger partial charge in [0, 0.05) is 13.0 Å². The molecule has 1 aromatic heterocycles. The Morgan fingerprint density at radius 3 is 2.88 bits per heavy atom. The molecule has 0 saturated carbocycles. The SMILES string of the molecule is O=C(O)CCCn1c(=O)sc2ccccc21. The summed E-state index contributed by atoms with van der Waals surface area (Å²) in [5.41, 5.74) is 0.892. The maximum absolute atomic E-state index is 11.6. The van der Waals surface area contributed by atoms with Gasteiger partial charge in [-0.1, -0.05) is 23.5 Å². The Kier molecular flexibility index (Phi) is 3.05. The van der Waals surface area contributed by atoms with Crippen LogP contribution in [-0.2, 0) is 11.3 Å². The van der Waals surface area contributed by atoms with Gasteiger partial charge < -0.3 is 5.11 Å². The third-order valence-corrected chi connectivity index (χ3v) is 3.31. The molecule has 0 aliphatic carbocycles. The van der Waals surface area contributed by atoms with Crippen LogP contribution in [0.2, 0.25) is 0 Å². The first-order chi connectivity index (χ1) is 7.68. The highest BCUT2D eigenvalue weighted by atomic mass is 32.1. The summed E-state index contributed by atoms with van der Waals surface area (Å²) in [6.45, 7) is 0.467. The summed E-state index contributed by atoms with van der Waals surface area (Å²) >= 11 is 1.20. The molecule has 0 spiro atoms. The number of carboxylic acids is 1. The molecule has 0 atom stereocenters. The summed E-state index contributed by atoms with van der Waals surface area (Å²) in [4.78, 5) is 22.0. The van der Waals surface area contributed by atoms with Crippen LogP contribution in [0.25, 0.3) is 10.2 Å². The third-order valence-electron chi connectivity index (χ3n) is 2.35. The standard InChI is InChI=1S/C11H11NO3S/c13-10(14)6-3-7-12-8-4-1-2-5-9(8)16-11(12)15/h1-2,4-5H,3,6-7H2,(H,13,14). The molecule has 0 radical (unpaired) electrons. The zero-order valence-corrected chi connectivity index (χ0v) is 9.37. The van der Waals surface area contributed by atoms with Crippen LogP contribution in [0, 0.1) is 0 Å². The second-order valence-corrected chi connectivity index (χ2v) is 4.48. The number of benzene rings is 1. The van der Waals surface area contributed by atoms with Gasteiger partial charge in [-0.3, -0.25) is 14.2 Å². The lowest BCUT2D eigenvalue weighted by atomic mass is 10.3. The Balaban J connectivity index is 2.26. The molecule has 0 fully saturated rings. The Labute approximate surface area is 95.8 Å². The molecule has 1 heterocycles. The van der Waals surface area contributed by atoms with E-state index in [4.69, 9.17) is 5.11 Å². The van der Waals surface area contributed by atoms with Crippen LogP contribution in [0.4, 0.5) is 0 Å². The van der Waals surface area contributed by atoms with Crippen LogP contribution in [-0.4, -0.2) is 15.6 Å². The number of para-hydroxylation sites is 1. The topological polar surface area (TPSA) is 59.3 Å². The molecule has 0 aliphatic rings. The molecule has 16 heavy (non-hydrogen) atoms. The fourth-order valence-electron chi connectivity index (χ4n) is 1.61. The first-order valence-electron chi connectivity index (χ1n) is 4.98. The van der Waals surface area contributed by atoms with Gasteiger partial charge in [-0.15, -0.1) is 0 Å². The van der Waals surface area contributed by atoms with Crippen LogP contribution < -0.4 is 4.87 Å². The first kappa shape index (κ1) is 10.9. The number of rotatable bonds is 4. The molecule has 0 aliphatic heterocycles. The van der Waals surface area contributed by atoms with Gasteiger partial charge in [0.2, 0.25) is 0 Å². The predicted molar refractivity (Wildman–Crippen MR) is 63.0 cm³/mol. The summed E-state index contributed by atoms with van der Waals surface area (Å²) in [5.74, 6) is -0.826. The molecule has 2 rings (SSSR count). The zero-order valence-electron chi connectivity index (χ0n) is 8.55. The molecular formula is C11H11NO3S. The molecule has 1 N–H and O–H groups in total. The molecule has 4 nitrogen and oxygen atoms in total. The fraction of sp³-hybridized carbons (Fsp3) is 0.273. The van der Waals surface area contributed by atoms with E-state index in [2.05, 4.69) is 0 Å². The van der Waals surface area contributed by atoms with Gasteiger partial charge in [-0.25, -0.2) is 0 Å². The van der Waals surface area contributed by atoms with E-state index < -0.39 is 5.97 Å². The number of nitrogens with zero attached hydrogens (tertiary/aromatic N) is 1. The molecule has 0 unspecified atom stereocenters. The number of aryl methyl sites for hydroxylation is 1. The van der Waals surface area contributed by atoms with Crippen LogP contribution in [0.3, 0.4) is 0 Å². The molecular weight excluding hydrogens is 226 g/mol. The van der Waals surface area contributed by atoms with Crippen molar-refractivity contribution in [3.05, 3.63) is 33.9 Å². The lowest BCUT2D eigenvalue weighted by molar-refractivity contribution is -0.137. The number of aromatic nitrogens is 1. The minimum atomic E-state index is -0.826. The van der Waals surface area contributed by atoms with E-state index in [0.29, 0.717) is 13.0 Å². The van der Waals surface area contributed by atoms with Crippen LogP contribution >= 0.6 is 11.3 Å². The van der Waals surface area contributed by atoms with E-state index in [1.807, 2.05) is 24.3 Å². The van der Waals surface area contributed by atoms with E-state index in [9.17, 15) is 9.59 Å². The molecule has 0 bridgehead atoms. The summed E-state index contributed by atoms with van der Waals surface area (Å²) in [5, 5.41) is 8.54. The highest BCUT2D eigenvalue weighted by Gasteiger charge is 2.06. The predicted octanol–water partition coefficient (Wildman–Crippen LogP) is 1.93. The molecule has 1 aromatic carbocycles. The van der Waals surface area contributed by atoms with E-state index in [1.165, 1.54) is 11.3 Å². The summed E-state index contributed by atoms with van der Waals surface area (Å²) in [6.07, 6.45) is 0.576. The lowest BCUT2D eigenvalue weighted by Gasteiger charge is -2.01. The normalized spacial score (nSPS) is 10.8. The van der Waals surface area contributed by atoms with Gasteiger partial charge in [0.05, 0.1) is 10.2 Å². The number of fused-ring (bicyclic) bond motifs is 1. The summed E-state index contributed by atoms with van der Waals surface area (Å²) < 4.78 is 2.59. The maximum atomic E-state index is 11.6. The fourth-order valence-corrected chi connectivity index (χ4v) is 2.53. The number of aliphatic carboxylic acids is 1. The second kappa shape index (κ2) is 4.49.